The molecule has 0 fully saturated rings. The number of ketones is 1. The number of nitrogens with zero attached hydrogens (tertiary/aromatic N) is 1. The van der Waals surface area contributed by atoms with Crippen molar-refractivity contribution in [2.45, 2.75) is 110 Å². The van der Waals surface area contributed by atoms with Crippen LogP contribution in [0.3, 0.4) is 0 Å². The van der Waals surface area contributed by atoms with Gasteiger partial charge in [-0.15, -0.1) is 0 Å². The molecule has 0 aliphatic heterocycles. The minimum Gasteiger partial charge on any atom is -1.00 e. The van der Waals surface area contributed by atoms with Gasteiger partial charge < -0.3 is 35.8 Å². The third-order valence-electron chi connectivity index (χ3n) is 6.05. The number of Topliss-reactive ketones (excluding diaryl/α,β-unsaturated/α-hetero) is 1. The molecule has 0 aromatic carbocycles. The summed E-state index contributed by atoms with van der Waals surface area (Å²) in [4.78, 5) is 11.3. The van der Waals surface area contributed by atoms with E-state index in [0.29, 0.717) is 26.4 Å². The Morgan fingerprint density at radius 2 is 1.08 bits per heavy atom. The van der Waals surface area contributed by atoms with Crippen molar-refractivity contribution in [3.8, 4) is 0 Å². The van der Waals surface area contributed by atoms with Crippen LogP contribution in [0.15, 0.2) is 0 Å². The number of hydrogen-bond donors (Lipinski definition) is 0. The number of carbonyl (C=O) groups is 1. The van der Waals surface area contributed by atoms with E-state index in [1.54, 1.807) is 0 Å². The van der Waals surface area contributed by atoms with Gasteiger partial charge in [-0.05, 0) is 13.3 Å². The van der Waals surface area contributed by atoms with Crippen molar-refractivity contribution in [3.63, 3.8) is 0 Å². The Bertz CT molecular complexity index is 459. The second-order valence-electron chi connectivity index (χ2n) is 11.0. The number of carbonyl (C=O) groups excluding carboxylic acids is 1. The predicted octanol–water partition coefficient (Wildman–Crippen LogP) is 3.20. The van der Waals surface area contributed by atoms with Crippen LogP contribution < -0.4 is 12.4 Å². The molecule has 7 heteroatoms. The minimum atomic E-state index is -0.211. The van der Waals surface area contributed by atoms with Crippen molar-refractivity contribution in [3.05, 3.63) is 0 Å². The lowest BCUT2D eigenvalue weighted by Crippen LogP contribution is -3.00. The third kappa shape index (κ3) is 31.8. The van der Waals surface area contributed by atoms with Crippen molar-refractivity contribution in [1.82, 2.24) is 0 Å². The lowest BCUT2D eigenvalue weighted by molar-refractivity contribution is -0.870. The Morgan fingerprint density at radius 3 is 1.56 bits per heavy atom. The van der Waals surface area contributed by atoms with Crippen LogP contribution in [0.25, 0.3) is 0 Å². The van der Waals surface area contributed by atoms with Gasteiger partial charge in [0.25, 0.3) is 0 Å². The summed E-state index contributed by atoms with van der Waals surface area (Å²) in [6.07, 6.45) is 18.8. The highest BCUT2D eigenvalue weighted by Gasteiger charge is 2.12. The molecule has 6 nitrogen and oxygen atoms in total. The molecule has 1 unspecified atom stereocenters. The standard InChI is InChI=1S/C29H60NO5.ClH/c1-6-7-8-9-10-11-12-13-14-15-16-17-18-19-21-33-26-29(35-25-28(2)31)27-34-24-23-32-22-20-30(3,4)5;/h29H,6-27H2,1-5H3;1H/q+1;/p-1. The van der Waals surface area contributed by atoms with Gasteiger partial charge in [-0.2, -0.15) is 0 Å². The van der Waals surface area contributed by atoms with Crippen LogP contribution >= 0.6 is 0 Å². The lowest BCUT2D eigenvalue weighted by atomic mass is 10.0. The molecule has 0 saturated carbocycles. The number of hydrogen-bond acceptors (Lipinski definition) is 5. The van der Waals surface area contributed by atoms with Gasteiger partial charge in [-0.25, -0.2) is 0 Å². The van der Waals surface area contributed by atoms with E-state index in [0.717, 1.165) is 30.7 Å². The van der Waals surface area contributed by atoms with E-state index in [2.05, 4.69) is 28.1 Å². The van der Waals surface area contributed by atoms with E-state index < -0.39 is 0 Å². The highest BCUT2D eigenvalue weighted by atomic mass is 35.5. The molecule has 0 aliphatic carbocycles. The SMILES string of the molecule is CCCCCCCCCCCCCCCCOCC(COCCOCC[N+](C)(C)C)OCC(C)=O.[Cl-]. The van der Waals surface area contributed by atoms with Crippen LogP contribution in [0, 0.1) is 0 Å². The van der Waals surface area contributed by atoms with Crippen LogP contribution in [-0.2, 0) is 23.7 Å². The maximum absolute atomic E-state index is 11.3. The molecule has 0 amide bonds. The van der Waals surface area contributed by atoms with E-state index >= 15 is 0 Å². The fourth-order valence-corrected chi connectivity index (χ4v) is 3.77. The molecular weight excluding hydrogens is 478 g/mol. The molecule has 0 saturated heterocycles. The maximum atomic E-state index is 11.3. The Morgan fingerprint density at radius 1 is 0.639 bits per heavy atom. The molecule has 1 atom stereocenters. The average Bonchev–Trinajstić information content (AvgIpc) is 2.80. The molecule has 0 bridgehead atoms. The number of unbranched alkanes of at least 4 members (excludes halogenated alkanes) is 13. The lowest BCUT2D eigenvalue weighted by Gasteiger charge is -2.23. The van der Waals surface area contributed by atoms with Crippen molar-refractivity contribution in [2.75, 3.05) is 73.9 Å². The number of likely N-dealkylation sites (N-methyl/N-ethyl adjacent to an activating group) is 1. The average molecular weight is 538 g/mol. The zero-order valence-electron chi connectivity index (χ0n) is 24.5. The zero-order valence-corrected chi connectivity index (χ0v) is 25.3. The highest BCUT2D eigenvalue weighted by Crippen LogP contribution is 2.13. The van der Waals surface area contributed by atoms with E-state index in [1.165, 1.54) is 90.4 Å². The Hall–Kier alpha value is -0.240. The number of ether oxygens (including phenoxy) is 4. The van der Waals surface area contributed by atoms with Crippen LogP contribution in [0.5, 0.6) is 0 Å². The summed E-state index contributed by atoms with van der Waals surface area (Å²) in [5, 5.41) is 0. The summed E-state index contributed by atoms with van der Waals surface area (Å²) >= 11 is 0. The summed E-state index contributed by atoms with van der Waals surface area (Å²) < 4.78 is 23.7. The summed E-state index contributed by atoms with van der Waals surface area (Å²) in [7, 11) is 6.45. The van der Waals surface area contributed by atoms with Gasteiger partial charge in [0.2, 0.25) is 0 Å². The highest BCUT2D eigenvalue weighted by molar-refractivity contribution is 5.76. The van der Waals surface area contributed by atoms with Gasteiger partial charge in [-0.3, -0.25) is 4.79 Å². The maximum Gasteiger partial charge on any atom is 0.155 e. The Kier molecular flexibility index (Phi) is 29.3. The molecule has 0 N–H and O–H groups in total. The molecular formula is C29H60ClNO5. The summed E-state index contributed by atoms with van der Waals surface area (Å²) in [5.41, 5.74) is 0. The van der Waals surface area contributed by atoms with Gasteiger partial charge in [0.15, 0.2) is 5.78 Å². The van der Waals surface area contributed by atoms with Gasteiger partial charge >= 0.3 is 0 Å². The summed E-state index contributed by atoms with van der Waals surface area (Å²) in [5.74, 6) is 0.0191. The van der Waals surface area contributed by atoms with Crippen molar-refractivity contribution in [2.24, 2.45) is 0 Å². The molecule has 0 aromatic heterocycles. The largest absolute Gasteiger partial charge is 1.00 e. The first-order chi connectivity index (χ1) is 16.8. The van der Waals surface area contributed by atoms with Crippen LogP contribution in [0.1, 0.15) is 104 Å². The number of quaternary nitrogens is 1. The summed E-state index contributed by atoms with van der Waals surface area (Å²) in [6, 6.07) is 0. The van der Waals surface area contributed by atoms with Gasteiger partial charge in [-0.1, -0.05) is 90.4 Å². The first kappa shape index (κ1) is 37.9. The molecule has 0 spiro atoms. The van der Waals surface area contributed by atoms with Crippen molar-refractivity contribution >= 4 is 5.78 Å². The Labute approximate surface area is 230 Å². The zero-order chi connectivity index (χ0) is 26.0. The molecule has 0 rings (SSSR count). The van der Waals surface area contributed by atoms with Crippen molar-refractivity contribution < 1.29 is 40.6 Å². The first-order valence-electron chi connectivity index (χ1n) is 14.5. The van der Waals surface area contributed by atoms with Crippen LogP contribution in [0.4, 0.5) is 0 Å². The monoisotopic (exact) mass is 537 g/mol. The van der Waals surface area contributed by atoms with Gasteiger partial charge in [0, 0.05) is 6.61 Å². The number of halogens is 1. The second-order valence-corrected chi connectivity index (χ2v) is 11.0. The molecule has 218 valence electrons. The minimum absolute atomic E-state index is 0. The summed E-state index contributed by atoms with van der Waals surface area (Å²) in [6.45, 7) is 8.34. The molecule has 0 aliphatic rings. The first-order valence-corrected chi connectivity index (χ1v) is 14.5. The Balaban J connectivity index is 0. The fourth-order valence-electron chi connectivity index (χ4n) is 3.77. The van der Waals surface area contributed by atoms with E-state index in [9.17, 15) is 4.79 Å². The molecule has 0 heterocycles. The van der Waals surface area contributed by atoms with E-state index in [-0.39, 0.29) is 30.9 Å². The van der Waals surface area contributed by atoms with E-state index in [1.807, 2.05) is 0 Å². The van der Waals surface area contributed by atoms with Crippen LogP contribution in [0.2, 0.25) is 0 Å². The van der Waals surface area contributed by atoms with Crippen molar-refractivity contribution in [1.29, 1.82) is 0 Å². The molecule has 0 aromatic rings. The second kappa shape index (κ2) is 27.8. The fraction of sp³-hybridized carbons (Fsp3) is 0.966. The predicted molar refractivity (Wildman–Crippen MR) is 146 cm³/mol. The topological polar surface area (TPSA) is 54.0 Å². The van der Waals surface area contributed by atoms with Gasteiger partial charge in [0.05, 0.1) is 54.2 Å². The number of rotatable bonds is 28. The van der Waals surface area contributed by atoms with Gasteiger partial charge in [0.1, 0.15) is 19.3 Å². The van der Waals surface area contributed by atoms with E-state index in [4.69, 9.17) is 18.9 Å². The quantitative estimate of drug-likeness (QED) is 0.113. The normalized spacial score (nSPS) is 12.5. The molecule has 36 heavy (non-hydrogen) atoms. The third-order valence-corrected chi connectivity index (χ3v) is 6.05. The molecule has 0 radical (unpaired) electrons. The smallest absolute Gasteiger partial charge is 0.155 e. The van der Waals surface area contributed by atoms with Crippen LogP contribution in [-0.4, -0.2) is 90.3 Å².